The molecule has 2 aromatic rings. The van der Waals surface area contributed by atoms with Gasteiger partial charge in [-0.1, -0.05) is 50.2 Å². The van der Waals surface area contributed by atoms with Crippen LogP contribution in [0.4, 0.5) is 0 Å². The number of aromatic nitrogens is 1. The highest BCUT2D eigenvalue weighted by molar-refractivity contribution is 6.50. The molecule has 2 heterocycles. The van der Waals surface area contributed by atoms with E-state index in [2.05, 4.69) is 10.3 Å². The molecule has 0 bridgehead atoms. The third-order valence-electron chi connectivity index (χ3n) is 6.80. The fourth-order valence-electron chi connectivity index (χ4n) is 4.91. The van der Waals surface area contributed by atoms with Gasteiger partial charge in [-0.15, -0.1) is 0 Å². The first-order valence-electron chi connectivity index (χ1n) is 13.6. The lowest BCUT2D eigenvalue weighted by Gasteiger charge is -2.38. The minimum atomic E-state index is -2.13. The lowest BCUT2D eigenvalue weighted by Crippen LogP contribution is -2.56. The summed E-state index contributed by atoms with van der Waals surface area (Å²) in [6.07, 6.45) is -2.88. The third kappa shape index (κ3) is 8.23. The number of carbonyl (C=O) groups excluding carboxylic acids is 4. The van der Waals surface area contributed by atoms with E-state index in [0.717, 1.165) is 12.7 Å². The average Bonchev–Trinajstić information content (AvgIpc) is 2.94. The SMILES string of the molecule is COC(=O)[C@@]1(CC(=O)O)CC(=O)OB([C@@H](CC(=O)[C@@H](NC(=O)c2cccc(-c3ccccc3)n2)[C@@H](C)O)CC(C)C)O1. The number of amides is 1. The molecule has 0 unspecified atom stereocenters. The number of methoxy groups -OCH3 is 1. The molecule has 1 aromatic carbocycles. The van der Waals surface area contributed by atoms with Gasteiger partial charge >= 0.3 is 19.1 Å². The Bertz CT molecular complexity index is 1300. The Hall–Kier alpha value is -4.10. The molecule has 42 heavy (non-hydrogen) atoms. The normalized spacial score (nSPS) is 18.9. The van der Waals surface area contributed by atoms with Crippen LogP contribution in [0.25, 0.3) is 11.3 Å². The summed E-state index contributed by atoms with van der Waals surface area (Å²) in [6, 6.07) is 12.7. The number of carboxylic acids is 1. The molecule has 224 valence electrons. The van der Waals surface area contributed by atoms with Gasteiger partial charge in [0.15, 0.2) is 11.4 Å². The molecule has 3 N–H and O–H groups in total. The quantitative estimate of drug-likeness (QED) is 0.233. The van der Waals surface area contributed by atoms with Gasteiger partial charge in [0.1, 0.15) is 11.7 Å². The number of carboxylic acid groups (broad SMARTS) is 1. The summed E-state index contributed by atoms with van der Waals surface area (Å²) in [7, 11) is -0.412. The van der Waals surface area contributed by atoms with Gasteiger partial charge in [0.05, 0.1) is 31.7 Å². The highest BCUT2D eigenvalue weighted by Gasteiger charge is 2.55. The summed E-state index contributed by atoms with van der Waals surface area (Å²) in [6.45, 7) is 5.05. The first kappa shape index (κ1) is 32.4. The minimum absolute atomic E-state index is 0.0367. The molecule has 1 aliphatic heterocycles. The Morgan fingerprint density at radius 3 is 2.38 bits per heavy atom. The van der Waals surface area contributed by atoms with E-state index in [4.69, 9.17) is 14.0 Å². The minimum Gasteiger partial charge on any atom is -0.509 e. The number of aliphatic hydroxyl groups is 1. The number of aliphatic hydroxyl groups excluding tert-OH is 1. The monoisotopic (exact) mass is 582 g/mol. The maximum absolute atomic E-state index is 13.5. The molecule has 1 aromatic heterocycles. The largest absolute Gasteiger partial charge is 0.531 e. The van der Waals surface area contributed by atoms with Gasteiger partial charge in [0.25, 0.3) is 11.9 Å². The van der Waals surface area contributed by atoms with Crippen LogP contribution in [0, 0.1) is 5.92 Å². The van der Waals surface area contributed by atoms with Crippen LogP contribution >= 0.6 is 0 Å². The van der Waals surface area contributed by atoms with Crippen LogP contribution in [-0.4, -0.2) is 76.8 Å². The number of ether oxygens (including phenoxy) is 1. The number of esters is 1. The topological polar surface area (TPSA) is 178 Å². The molecule has 0 saturated carbocycles. The van der Waals surface area contributed by atoms with Crippen LogP contribution < -0.4 is 5.32 Å². The van der Waals surface area contributed by atoms with Crippen molar-refractivity contribution in [3.8, 4) is 11.3 Å². The van der Waals surface area contributed by atoms with Gasteiger partial charge in [-0.05, 0) is 31.4 Å². The molecule has 1 saturated heterocycles. The molecule has 3 rings (SSSR count). The lowest BCUT2D eigenvalue weighted by molar-refractivity contribution is -0.177. The van der Waals surface area contributed by atoms with Gasteiger partial charge in [-0.25, -0.2) is 9.78 Å². The molecule has 13 heteroatoms. The molecule has 1 fully saturated rings. The summed E-state index contributed by atoms with van der Waals surface area (Å²) >= 11 is 0. The molecular weight excluding hydrogens is 547 g/mol. The molecule has 0 aliphatic carbocycles. The average molecular weight is 582 g/mol. The molecule has 0 spiro atoms. The van der Waals surface area contributed by atoms with Crippen LogP contribution in [0.15, 0.2) is 48.5 Å². The number of nitrogens with one attached hydrogen (secondary N) is 1. The second-order valence-corrected chi connectivity index (χ2v) is 10.7. The van der Waals surface area contributed by atoms with Gasteiger partial charge in [-0.3, -0.25) is 19.2 Å². The molecule has 12 nitrogen and oxygen atoms in total. The summed E-state index contributed by atoms with van der Waals surface area (Å²) in [5.74, 6) is -5.48. The van der Waals surface area contributed by atoms with E-state index >= 15 is 0 Å². The first-order chi connectivity index (χ1) is 19.8. The van der Waals surface area contributed by atoms with Crippen molar-refractivity contribution in [2.24, 2.45) is 5.92 Å². The fraction of sp³-hybridized carbons (Fsp3) is 0.448. The number of hydrogen-bond donors (Lipinski definition) is 3. The van der Waals surface area contributed by atoms with Crippen LogP contribution in [0.3, 0.4) is 0 Å². The standard InChI is InChI=1S/C29H35BN2O10/c1-17(2)13-20(30-41-25(37)16-29(42-30,15-24(35)36)28(39)40-4)14-23(34)26(18(3)33)32-27(38)22-12-8-11-21(31-22)19-9-6-5-7-10-19/h5-12,17-18,20,26,33H,13-16H2,1-4H3,(H,32,38)(H,35,36)/t18-,20-,26+,29-/m1/s1. The van der Waals surface area contributed by atoms with E-state index in [9.17, 15) is 34.2 Å². The summed E-state index contributed by atoms with van der Waals surface area (Å²) < 4.78 is 15.9. The number of aliphatic carboxylic acids is 1. The van der Waals surface area contributed by atoms with Crippen molar-refractivity contribution in [1.82, 2.24) is 10.3 Å². The number of pyridine rings is 1. The van der Waals surface area contributed by atoms with E-state index in [1.54, 1.807) is 12.1 Å². The second-order valence-electron chi connectivity index (χ2n) is 10.7. The van der Waals surface area contributed by atoms with Gasteiger partial charge in [0, 0.05) is 17.8 Å². The van der Waals surface area contributed by atoms with E-state index < -0.39 is 73.1 Å². The number of rotatable bonds is 13. The van der Waals surface area contributed by atoms with E-state index in [1.807, 2.05) is 44.2 Å². The van der Waals surface area contributed by atoms with Crippen LogP contribution in [0.5, 0.6) is 0 Å². The van der Waals surface area contributed by atoms with E-state index in [-0.39, 0.29) is 24.5 Å². The zero-order chi connectivity index (χ0) is 31.0. The van der Waals surface area contributed by atoms with Crippen molar-refractivity contribution in [1.29, 1.82) is 0 Å². The smallest absolute Gasteiger partial charge is 0.509 e. The predicted octanol–water partition coefficient (Wildman–Crippen LogP) is 2.44. The zero-order valence-electron chi connectivity index (χ0n) is 23.9. The Morgan fingerprint density at radius 1 is 1.10 bits per heavy atom. The van der Waals surface area contributed by atoms with Crippen molar-refractivity contribution < 1.29 is 48.2 Å². The Kier molecular flexibility index (Phi) is 11.0. The maximum atomic E-state index is 13.5. The van der Waals surface area contributed by atoms with E-state index in [1.165, 1.54) is 13.0 Å². The highest BCUT2D eigenvalue weighted by atomic mass is 16.7. The van der Waals surface area contributed by atoms with Crippen molar-refractivity contribution in [3.05, 3.63) is 54.2 Å². The molecule has 1 aliphatic rings. The second kappa shape index (κ2) is 14.2. The summed E-state index contributed by atoms with van der Waals surface area (Å²) in [5, 5.41) is 22.4. The molecule has 4 atom stereocenters. The number of benzene rings is 1. The van der Waals surface area contributed by atoms with Crippen molar-refractivity contribution in [2.45, 2.75) is 70.0 Å². The highest BCUT2D eigenvalue weighted by Crippen LogP contribution is 2.36. The first-order valence-corrected chi connectivity index (χ1v) is 13.6. The zero-order valence-corrected chi connectivity index (χ0v) is 23.9. The van der Waals surface area contributed by atoms with Crippen LogP contribution in [0.2, 0.25) is 5.82 Å². The van der Waals surface area contributed by atoms with Crippen molar-refractivity contribution in [3.63, 3.8) is 0 Å². The molecular formula is C29H35BN2O10. The lowest BCUT2D eigenvalue weighted by atomic mass is 9.63. The number of hydrogen-bond acceptors (Lipinski definition) is 10. The predicted molar refractivity (Wildman–Crippen MR) is 150 cm³/mol. The summed E-state index contributed by atoms with van der Waals surface area (Å²) in [4.78, 5) is 67.7. The van der Waals surface area contributed by atoms with Crippen LogP contribution in [-0.2, 0) is 33.2 Å². The fourth-order valence-corrected chi connectivity index (χ4v) is 4.91. The number of ketones is 1. The summed E-state index contributed by atoms with van der Waals surface area (Å²) in [5.41, 5.74) is -0.757. The Labute approximate surface area is 243 Å². The van der Waals surface area contributed by atoms with E-state index in [0.29, 0.717) is 5.69 Å². The molecule has 0 radical (unpaired) electrons. The van der Waals surface area contributed by atoms with Gasteiger partial charge in [-0.2, -0.15) is 0 Å². The number of nitrogens with zero attached hydrogens (tertiary/aromatic N) is 1. The van der Waals surface area contributed by atoms with Gasteiger partial charge < -0.3 is 29.6 Å². The number of carbonyl (C=O) groups is 5. The van der Waals surface area contributed by atoms with Crippen LogP contribution in [0.1, 0.15) is 56.9 Å². The maximum Gasteiger partial charge on any atom is 0.531 e. The third-order valence-corrected chi connectivity index (χ3v) is 6.80. The van der Waals surface area contributed by atoms with Crippen molar-refractivity contribution in [2.75, 3.05) is 7.11 Å². The van der Waals surface area contributed by atoms with Gasteiger partial charge in [0.2, 0.25) is 0 Å². The molecule has 1 amide bonds. The number of Topliss-reactive ketones (excluding diaryl/α,β-unsaturated/α-hetero) is 1. The Balaban J connectivity index is 1.83. The van der Waals surface area contributed by atoms with Crippen molar-refractivity contribution >= 4 is 36.7 Å². The Morgan fingerprint density at radius 2 is 1.79 bits per heavy atom.